The van der Waals surface area contributed by atoms with Crippen LogP contribution in [0.1, 0.15) is 30.5 Å². The molecule has 0 bridgehead atoms. The molecular formula is C13H14BrNO2. The maximum absolute atomic E-state index is 11.4. The van der Waals surface area contributed by atoms with Crippen molar-refractivity contribution in [2.45, 2.75) is 26.7 Å². The summed E-state index contributed by atoms with van der Waals surface area (Å²) in [4.78, 5) is 11.4. The summed E-state index contributed by atoms with van der Waals surface area (Å²) in [5.41, 5.74) is 2.39. The van der Waals surface area contributed by atoms with Crippen LogP contribution in [-0.2, 0) is 22.4 Å². The van der Waals surface area contributed by atoms with Crippen LogP contribution in [0.4, 0.5) is 0 Å². The van der Waals surface area contributed by atoms with Crippen LogP contribution in [0.15, 0.2) is 16.6 Å². The monoisotopic (exact) mass is 295 g/mol. The largest absolute Gasteiger partial charge is 0.466 e. The molecule has 0 saturated heterocycles. The van der Waals surface area contributed by atoms with Crippen molar-refractivity contribution >= 4 is 21.9 Å². The highest BCUT2D eigenvalue weighted by atomic mass is 79.9. The highest BCUT2D eigenvalue weighted by molar-refractivity contribution is 9.10. The Labute approximate surface area is 110 Å². The molecule has 0 spiro atoms. The molecule has 0 aliphatic rings. The third-order valence-electron chi connectivity index (χ3n) is 2.41. The highest BCUT2D eigenvalue weighted by Gasteiger charge is 2.11. The quantitative estimate of drug-likeness (QED) is 0.803. The predicted octanol–water partition coefficient (Wildman–Crippen LogP) is 2.99. The normalized spacial score (nSPS) is 9.76. The molecule has 0 heterocycles. The van der Waals surface area contributed by atoms with Gasteiger partial charge in [0.1, 0.15) is 0 Å². The second-order valence-corrected chi connectivity index (χ2v) is 4.40. The molecule has 3 nitrogen and oxygen atoms in total. The van der Waals surface area contributed by atoms with Crippen LogP contribution < -0.4 is 0 Å². The standard InChI is InChI=1S/C13H14BrNO2/c1-3-9-6-12(14)10(5-11(9)8-15)7-13(16)17-4-2/h5-6H,3-4,7H2,1-2H3. The first-order chi connectivity index (χ1) is 8.12. The van der Waals surface area contributed by atoms with Crippen LogP contribution in [0, 0.1) is 11.3 Å². The van der Waals surface area contributed by atoms with Crippen molar-refractivity contribution in [2.24, 2.45) is 0 Å². The van der Waals surface area contributed by atoms with E-state index < -0.39 is 0 Å². The molecule has 90 valence electrons. The summed E-state index contributed by atoms with van der Waals surface area (Å²) in [7, 11) is 0. The molecule has 0 amide bonds. The van der Waals surface area contributed by atoms with Gasteiger partial charge >= 0.3 is 5.97 Å². The van der Waals surface area contributed by atoms with Gasteiger partial charge in [-0.25, -0.2) is 0 Å². The first-order valence-corrected chi connectivity index (χ1v) is 6.28. The molecule has 1 aromatic carbocycles. The number of halogens is 1. The average Bonchev–Trinajstić information content (AvgIpc) is 2.31. The number of carbonyl (C=O) groups is 1. The van der Waals surface area contributed by atoms with Crippen LogP contribution in [0.2, 0.25) is 0 Å². The summed E-state index contributed by atoms with van der Waals surface area (Å²) in [6.07, 6.45) is 0.980. The topological polar surface area (TPSA) is 50.1 Å². The van der Waals surface area contributed by atoms with Crippen LogP contribution in [0.3, 0.4) is 0 Å². The molecule has 4 heteroatoms. The van der Waals surface area contributed by atoms with Gasteiger partial charge in [-0.1, -0.05) is 22.9 Å². The van der Waals surface area contributed by atoms with E-state index in [1.54, 1.807) is 13.0 Å². The number of nitriles is 1. The van der Waals surface area contributed by atoms with E-state index in [-0.39, 0.29) is 12.4 Å². The molecule has 0 aliphatic carbocycles. The van der Waals surface area contributed by atoms with Crippen molar-refractivity contribution in [3.05, 3.63) is 33.3 Å². The minimum absolute atomic E-state index is 0.188. The van der Waals surface area contributed by atoms with Gasteiger partial charge in [-0.05, 0) is 36.6 Å². The zero-order chi connectivity index (χ0) is 12.8. The van der Waals surface area contributed by atoms with E-state index in [0.717, 1.165) is 22.0 Å². The van der Waals surface area contributed by atoms with Crippen LogP contribution in [0.5, 0.6) is 0 Å². The molecule has 0 saturated carbocycles. The Morgan fingerprint density at radius 1 is 1.41 bits per heavy atom. The van der Waals surface area contributed by atoms with E-state index >= 15 is 0 Å². The van der Waals surface area contributed by atoms with Crippen LogP contribution >= 0.6 is 15.9 Å². The summed E-state index contributed by atoms with van der Waals surface area (Å²) < 4.78 is 5.74. The van der Waals surface area contributed by atoms with Crippen LogP contribution in [0.25, 0.3) is 0 Å². The Balaban J connectivity index is 3.01. The molecule has 0 radical (unpaired) electrons. The van der Waals surface area contributed by atoms with Crippen molar-refractivity contribution < 1.29 is 9.53 Å². The van der Waals surface area contributed by atoms with E-state index in [0.29, 0.717) is 12.2 Å². The lowest BCUT2D eigenvalue weighted by molar-refractivity contribution is -0.142. The van der Waals surface area contributed by atoms with Gasteiger partial charge < -0.3 is 4.74 Å². The Bertz CT molecular complexity index is 463. The molecule has 0 aromatic heterocycles. The summed E-state index contributed by atoms with van der Waals surface area (Å²) in [6.45, 7) is 4.13. The number of rotatable bonds is 4. The molecular weight excluding hydrogens is 282 g/mol. The molecule has 0 unspecified atom stereocenters. The lowest BCUT2D eigenvalue weighted by Crippen LogP contribution is -2.08. The third kappa shape index (κ3) is 3.57. The molecule has 0 N–H and O–H groups in total. The molecule has 0 fully saturated rings. The van der Waals surface area contributed by atoms with E-state index in [9.17, 15) is 4.79 Å². The molecule has 1 aromatic rings. The minimum Gasteiger partial charge on any atom is -0.466 e. The summed E-state index contributed by atoms with van der Waals surface area (Å²) in [5, 5.41) is 9.02. The number of hydrogen-bond donors (Lipinski definition) is 0. The number of benzene rings is 1. The fourth-order valence-corrected chi connectivity index (χ4v) is 2.09. The Morgan fingerprint density at radius 2 is 2.12 bits per heavy atom. The Kier molecular flexibility index (Phi) is 5.17. The first kappa shape index (κ1) is 13.7. The molecule has 0 atom stereocenters. The first-order valence-electron chi connectivity index (χ1n) is 5.49. The maximum Gasteiger partial charge on any atom is 0.310 e. The number of ether oxygens (including phenoxy) is 1. The van der Waals surface area contributed by atoms with E-state index in [2.05, 4.69) is 22.0 Å². The molecule has 17 heavy (non-hydrogen) atoms. The van der Waals surface area contributed by atoms with Crippen molar-refractivity contribution in [3.63, 3.8) is 0 Å². The number of hydrogen-bond acceptors (Lipinski definition) is 3. The van der Waals surface area contributed by atoms with Crippen molar-refractivity contribution in [2.75, 3.05) is 6.61 Å². The summed E-state index contributed by atoms with van der Waals surface area (Å²) in [6, 6.07) is 5.79. The van der Waals surface area contributed by atoms with Gasteiger partial charge in [0.05, 0.1) is 24.7 Å². The number of carbonyl (C=O) groups excluding carboxylic acids is 1. The average molecular weight is 296 g/mol. The minimum atomic E-state index is -0.277. The van der Waals surface area contributed by atoms with Gasteiger partial charge in [0.15, 0.2) is 0 Å². The third-order valence-corrected chi connectivity index (χ3v) is 3.15. The van der Waals surface area contributed by atoms with Crippen LogP contribution in [-0.4, -0.2) is 12.6 Å². The van der Waals surface area contributed by atoms with Gasteiger partial charge in [-0.2, -0.15) is 5.26 Å². The Hall–Kier alpha value is -1.34. The fraction of sp³-hybridized carbons (Fsp3) is 0.385. The zero-order valence-electron chi connectivity index (χ0n) is 9.92. The molecule has 1 rings (SSSR count). The number of nitrogens with zero attached hydrogens (tertiary/aromatic N) is 1. The summed E-state index contributed by atoms with van der Waals surface area (Å²) in [5.74, 6) is -0.277. The fourth-order valence-electron chi connectivity index (χ4n) is 1.56. The zero-order valence-corrected chi connectivity index (χ0v) is 11.5. The maximum atomic E-state index is 11.4. The highest BCUT2D eigenvalue weighted by Crippen LogP contribution is 2.23. The second kappa shape index (κ2) is 6.41. The van der Waals surface area contributed by atoms with Gasteiger partial charge in [-0.3, -0.25) is 4.79 Å². The van der Waals surface area contributed by atoms with E-state index in [1.807, 2.05) is 13.0 Å². The lowest BCUT2D eigenvalue weighted by Gasteiger charge is -2.08. The molecule has 0 aliphatic heterocycles. The van der Waals surface area contributed by atoms with Crippen molar-refractivity contribution in [1.82, 2.24) is 0 Å². The number of aryl methyl sites for hydroxylation is 1. The van der Waals surface area contributed by atoms with E-state index in [1.165, 1.54) is 0 Å². The Morgan fingerprint density at radius 3 is 2.65 bits per heavy atom. The smallest absolute Gasteiger partial charge is 0.310 e. The lowest BCUT2D eigenvalue weighted by atomic mass is 10.0. The van der Waals surface area contributed by atoms with Gasteiger partial charge in [0.2, 0.25) is 0 Å². The number of esters is 1. The predicted molar refractivity (Wildman–Crippen MR) is 68.6 cm³/mol. The second-order valence-electron chi connectivity index (χ2n) is 3.55. The van der Waals surface area contributed by atoms with Crippen molar-refractivity contribution in [3.8, 4) is 6.07 Å². The van der Waals surface area contributed by atoms with E-state index in [4.69, 9.17) is 10.00 Å². The van der Waals surface area contributed by atoms with Gasteiger partial charge in [-0.15, -0.1) is 0 Å². The van der Waals surface area contributed by atoms with Crippen molar-refractivity contribution in [1.29, 1.82) is 5.26 Å². The summed E-state index contributed by atoms with van der Waals surface area (Å²) >= 11 is 3.41. The van der Waals surface area contributed by atoms with Gasteiger partial charge in [0.25, 0.3) is 0 Å². The SMILES string of the molecule is CCOC(=O)Cc1cc(C#N)c(CC)cc1Br. The van der Waals surface area contributed by atoms with Gasteiger partial charge in [0, 0.05) is 4.47 Å².